The minimum atomic E-state index is -0.351. The zero-order valence-corrected chi connectivity index (χ0v) is 9.54. The van der Waals surface area contributed by atoms with Crippen molar-refractivity contribution in [2.75, 3.05) is 0 Å². The van der Waals surface area contributed by atoms with E-state index in [1.165, 1.54) is 6.42 Å². The van der Waals surface area contributed by atoms with Crippen LogP contribution in [0, 0.1) is 23.2 Å². The van der Waals surface area contributed by atoms with E-state index in [4.69, 9.17) is 4.74 Å². The average Bonchev–Trinajstić information content (AvgIpc) is 2.74. The second-order valence-corrected chi connectivity index (χ2v) is 5.97. The van der Waals surface area contributed by atoms with E-state index in [9.17, 15) is 4.79 Å². The van der Waals surface area contributed by atoms with Gasteiger partial charge in [-0.15, -0.1) is 0 Å². The Bertz CT molecular complexity index is 252. The van der Waals surface area contributed by atoms with Gasteiger partial charge in [-0.3, -0.25) is 4.79 Å². The monoisotopic (exact) mass is 196 g/mol. The van der Waals surface area contributed by atoms with Crippen molar-refractivity contribution in [2.24, 2.45) is 23.2 Å². The highest BCUT2D eigenvalue weighted by atomic mass is 16.5. The lowest BCUT2D eigenvalue weighted by Gasteiger charge is -2.21. The Hall–Kier alpha value is -0.530. The first kappa shape index (κ1) is 10.0. The predicted octanol–water partition coefficient (Wildman–Crippen LogP) is 2.62. The van der Waals surface area contributed by atoms with E-state index in [-0.39, 0.29) is 17.5 Å². The number of ether oxygens (including phenoxy) is 1. The lowest BCUT2D eigenvalue weighted by Crippen LogP contribution is -2.28. The van der Waals surface area contributed by atoms with E-state index in [1.807, 2.05) is 20.8 Å². The van der Waals surface area contributed by atoms with E-state index in [0.717, 1.165) is 18.3 Å². The highest BCUT2D eigenvalue weighted by molar-refractivity contribution is 5.75. The summed E-state index contributed by atoms with van der Waals surface area (Å²) in [6, 6.07) is 0. The number of carbonyl (C=O) groups excluding carboxylic acids is 1. The third-order valence-corrected chi connectivity index (χ3v) is 3.57. The topological polar surface area (TPSA) is 26.3 Å². The Balaban J connectivity index is 1.90. The third-order valence-electron chi connectivity index (χ3n) is 3.57. The second kappa shape index (κ2) is 2.98. The fraction of sp³-hybridized carbons (Fsp3) is 0.917. The van der Waals surface area contributed by atoms with E-state index >= 15 is 0 Å². The first-order valence-corrected chi connectivity index (χ1v) is 5.60. The molecule has 0 heterocycles. The normalized spacial score (nSPS) is 40.6. The van der Waals surface area contributed by atoms with Gasteiger partial charge in [0.05, 0.1) is 5.41 Å². The highest BCUT2D eigenvalue weighted by Crippen LogP contribution is 2.56. The van der Waals surface area contributed by atoms with Gasteiger partial charge in [-0.1, -0.05) is 6.92 Å². The van der Waals surface area contributed by atoms with Gasteiger partial charge in [0.25, 0.3) is 0 Å². The molecule has 0 aromatic carbocycles. The summed E-state index contributed by atoms with van der Waals surface area (Å²) in [5.74, 6) is 2.27. The molecule has 2 aliphatic carbocycles. The molecule has 2 aliphatic rings. The van der Waals surface area contributed by atoms with Crippen LogP contribution in [-0.4, -0.2) is 12.1 Å². The number of hydrogen-bond donors (Lipinski definition) is 0. The van der Waals surface area contributed by atoms with Gasteiger partial charge in [0.2, 0.25) is 0 Å². The zero-order valence-electron chi connectivity index (χ0n) is 9.54. The van der Waals surface area contributed by atoms with Crippen LogP contribution in [0.2, 0.25) is 0 Å². The molecular formula is C12H20O2. The summed E-state index contributed by atoms with van der Waals surface area (Å²) >= 11 is 0. The molecule has 0 aromatic heterocycles. The first-order chi connectivity index (χ1) is 6.39. The number of hydrogen-bond acceptors (Lipinski definition) is 2. The fourth-order valence-corrected chi connectivity index (χ4v) is 2.48. The lowest BCUT2D eigenvalue weighted by atomic mass is 9.97. The summed E-state index contributed by atoms with van der Waals surface area (Å²) in [5, 5.41) is 0. The minimum absolute atomic E-state index is 0.0396. The summed E-state index contributed by atoms with van der Waals surface area (Å²) in [6.07, 6.45) is 2.59. The van der Waals surface area contributed by atoms with Crippen molar-refractivity contribution in [1.29, 1.82) is 0 Å². The lowest BCUT2D eigenvalue weighted by molar-refractivity contribution is -0.159. The molecule has 80 valence electrons. The van der Waals surface area contributed by atoms with Gasteiger partial charge in [-0.2, -0.15) is 0 Å². The van der Waals surface area contributed by atoms with Crippen molar-refractivity contribution in [3.05, 3.63) is 0 Å². The van der Waals surface area contributed by atoms with Crippen LogP contribution in [0.25, 0.3) is 0 Å². The maximum absolute atomic E-state index is 11.7. The molecule has 0 saturated heterocycles. The van der Waals surface area contributed by atoms with Gasteiger partial charge in [-0.25, -0.2) is 0 Å². The average molecular weight is 196 g/mol. The fourth-order valence-electron chi connectivity index (χ4n) is 2.48. The Morgan fingerprint density at radius 2 is 1.86 bits per heavy atom. The van der Waals surface area contributed by atoms with Crippen molar-refractivity contribution in [2.45, 2.75) is 46.6 Å². The van der Waals surface area contributed by atoms with Gasteiger partial charge in [0.15, 0.2) is 0 Å². The molecule has 2 rings (SSSR count). The number of rotatable bonds is 1. The van der Waals surface area contributed by atoms with Crippen LogP contribution >= 0.6 is 0 Å². The molecule has 0 radical (unpaired) electrons. The molecule has 2 heteroatoms. The smallest absolute Gasteiger partial charge is 0.311 e. The van der Waals surface area contributed by atoms with Gasteiger partial charge in [-0.05, 0) is 51.4 Å². The van der Waals surface area contributed by atoms with Gasteiger partial charge < -0.3 is 4.74 Å². The minimum Gasteiger partial charge on any atom is -0.462 e. The van der Waals surface area contributed by atoms with Crippen LogP contribution < -0.4 is 0 Å². The van der Waals surface area contributed by atoms with Gasteiger partial charge in [0.1, 0.15) is 6.10 Å². The maximum Gasteiger partial charge on any atom is 0.311 e. The molecule has 0 aliphatic heterocycles. The van der Waals surface area contributed by atoms with E-state index in [0.29, 0.717) is 5.92 Å². The molecule has 0 bridgehead atoms. The molecule has 0 spiro atoms. The standard InChI is InChI=1S/C12H20O2/c1-7-5-10(9-6-8(7)9)14-11(13)12(2,3)4/h7-10H,5-6H2,1-4H3/t7-,8-,9-,10-/m1/s1. The highest BCUT2D eigenvalue weighted by Gasteiger charge is 2.54. The van der Waals surface area contributed by atoms with Crippen LogP contribution in [0.1, 0.15) is 40.5 Å². The Kier molecular flexibility index (Phi) is 2.13. The third kappa shape index (κ3) is 1.67. The maximum atomic E-state index is 11.7. The summed E-state index contributed by atoms with van der Waals surface area (Å²) in [6.45, 7) is 8.02. The molecule has 2 saturated carbocycles. The molecule has 0 N–H and O–H groups in total. The Morgan fingerprint density at radius 3 is 2.21 bits per heavy atom. The van der Waals surface area contributed by atoms with Crippen molar-refractivity contribution in [1.82, 2.24) is 0 Å². The van der Waals surface area contributed by atoms with Crippen molar-refractivity contribution >= 4 is 5.97 Å². The van der Waals surface area contributed by atoms with Crippen LogP contribution in [0.4, 0.5) is 0 Å². The van der Waals surface area contributed by atoms with Crippen molar-refractivity contribution < 1.29 is 9.53 Å². The summed E-state index contributed by atoms with van der Waals surface area (Å²) < 4.78 is 5.56. The predicted molar refractivity (Wildman–Crippen MR) is 54.7 cm³/mol. The van der Waals surface area contributed by atoms with Crippen LogP contribution in [0.15, 0.2) is 0 Å². The molecular weight excluding hydrogens is 176 g/mol. The van der Waals surface area contributed by atoms with Gasteiger partial charge >= 0.3 is 5.97 Å². The molecule has 4 atom stereocenters. The SMILES string of the molecule is C[C@@H]1C[C@@H](OC(=O)C(C)(C)C)[C@@H]2C[C@@H]21. The van der Waals surface area contributed by atoms with Crippen LogP contribution in [0.5, 0.6) is 0 Å². The van der Waals surface area contributed by atoms with Crippen LogP contribution in [0.3, 0.4) is 0 Å². The van der Waals surface area contributed by atoms with E-state index in [2.05, 4.69) is 6.92 Å². The second-order valence-electron chi connectivity index (χ2n) is 5.97. The van der Waals surface area contributed by atoms with Gasteiger partial charge in [0, 0.05) is 0 Å². The first-order valence-electron chi connectivity index (χ1n) is 5.60. The number of fused-ring (bicyclic) bond motifs is 1. The molecule has 14 heavy (non-hydrogen) atoms. The number of carbonyl (C=O) groups is 1. The molecule has 2 fully saturated rings. The van der Waals surface area contributed by atoms with E-state index in [1.54, 1.807) is 0 Å². The molecule has 2 nitrogen and oxygen atoms in total. The quantitative estimate of drug-likeness (QED) is 0.603. The largest absolute Gasteiger partial charge is 0.462 e. The van der Waals surface area contributed by atoms with Crippen molar-refractivity contribution in [3.63, 3.8) is 0 Å². The zero-order chi connectivity index (χ0) is 10.5. The molecule has 0 unspecified atom stereocenters. The number of esters is 1. The Morgan fingerprint density at radius 1 is 1.21 bits per heavy atom. The summed E-state index contributed by atoms with van der Waals surface area (Å²) in [4.78, 5) is 11.7. The van der Waals surface area contributed by atoms with E-state index < -0.39 is 0 Å². The summed E-state index contributed by atoms with van der Waals surface area (Å²) in [5.41, 5.74) is -0.351. The molecule has 0 amide bonds. The molecule has 0 aromatic rings. The van der Waals surface area contributed by atoms with Crippen LogP contribution in [-0.2, 0) is 9.53 Å². The summed E-state index contributed by atoms with van der Waals surface area (Å²) in [7, 11) is 0. The Labute approximate surface area is 86.0 Å². The van der Waals surface area contributed by atoms with Crippen molar-refractivity contribution in [3.8, 4) is 0 Å².